The first-order valence-corrected chi connectivity index (χ1v) is 20.9. The molecule has 1 saturated carbocycles. The molecule has 59 heavy (non-hydrogen) atoms. The number of aliphatic hydroxyl groups is 2. The van der Waals surface area contributed by atoms with Crippen molar-refractivity contribution in [1.29, 1.82) is 0 Å². The molecule has 322 valence electrons. The molecule has 2 aromatic rings. The quantitative estimate of drug-likeness (QED) is 0.194. The van der Waals surface area contributed by atoms with Gasteiger partial charge in [-0.25, -0.2) is 4.79 Å². The normalized spacial score (nSPS) is 22.5. The number of carbonyl (C=O) groups excluding carboxylic acids is 5. The lowest BCUT2D eigenvalue weighted by Crippen LogP contribution is -2.67. The molecule has 16 nitrogen and oxygen atoms in total. The van der Waals surface area contributed by atoms with E-state index in [1.807, 2.05) is 30.3 Å². The molecule has 0 bridgehead atoms. The van der Waals surface area contributed by atoms with Crippen LogP contribution in [-0.4, -0.2) is 127 Å². The zero-order valence-corrected chi connectivity index (χ0v) is 35.2. The number of piperidine rings is 1. The standard InChI is InChI=1S/C43H62N8O8/c1-41(2,3)59-40(57)49-20-18-43(19-21-49,35(52)36(44)53)46-38(55)33-24-31(51-34(42(4,5)58)26-48(6)47-51)25-50(33)39(56)32(22-27-12-8-7-9-13-27)45-37(54)30-17-16-28-14-10-11-15-29(28)23-30/h10-11,14-17,23,26-27,31-33,35,47,52,58H,7-9,12-13,18-22,24-25H2,1-6H3,(H2,44,53)(H,45,54)(H,46,55)/t31-,32+,33-,35?/m0/s1. The molecule has 5 amide bonds. The van der Waals surface area contributed by atoms with Crippen molar-refractivity contribution in [2.45, 2.75) is 133 Å². The number of likely N-dealkylation sites (tertiary alicyclic amines) is 2. The minimum absolute atomic E-state index is 0.0115. The molecule has 7 N–H and O–H groups in total. The highest BCUT2D eigenvalue weighted by Crippen LogP contribution is 2.35. The van der Waals surface area contributed by atoms with Crippen molar-refractivity contribution >= 4 is 40.5 Å². The van der Waals surface area contributed by atoms with E-state index in [1.54, 1.807) is 70.0 Å². The number of fused-ring (bicyclic) bond motifs is 1. The minimum atomic E-state index is -1.80. The zero-order chi connectivity index (χ0) is 42.9. The molecule has 0 spiro atoms. The molecule has 0 radical (unpaired) electrons. The number of hydrazine groups is 2. The fourth-order valence-electron chi connectivity index (χ4n) is 8.95. The van der Waals surface area contributed by atoms with E-state index in [2.05, 4.69) is 16.2 Å². The fraction of sp³-hybridized carbons (Fsp3) is 0.605. The number of ether oxygens (including phenoxy) is 1. The number of nitrogens with zero attached hydrogens (tertiary/aromatic N) is 4. The van der Waals surface area contributed by atoms with Gasteiger partial charge in [0.15, 0.2) is 6.10 Å². The van der Waals surface area contributed by atoms with Crippen LogP contribution in [0, 0.1) is 5.92 Å². The second kappa shape index (κ2) is 17.3. The molecule has 6 rings (SSSR count). The highest BCUT2D eigenvalue weighted by atomic mass is 16.6. The third kappa shape index (κ3) is 10.1. The summed E-state index contributed by atoms with van der Waals surface area (Å²) in [6, 6.07) is 10.5. The molecule has 16 heteroatoms. The molecule has 3 fully saturated rings. The third-order valence-corrected chi connectivity index (χ3v) is 12.1. The Balaban J connectivity index is 1.31. The van der Waals surface area contributed by atoms with Crippen LogP contribution in [0.2, 0.25) is 0 Å². The molecule has 0 aromatic heterocycles. The first-order chi connectivity index (χ1) is 27.7. The second-order valence-corrected chi connectivity index (χ2v) is 18.3. The molecular formula is C43H62N8O8. The minimum Gasteiger partial charge on any atom is -0.444 e. The predicted octanol–water partition coefficient (Wildman–Crippen LogP) is 2.89. The summed E-state index contributed by atoms with van der Waals surface area (Å²) in [6.45, 7) is 8.73. The summed E-state index contributed by atoms with van der Waals surface area (Å²) in [7, 11) is 1.77. The number of nitrogens with two attached hydrogens (primary N) is 1. The highest BCUT2D eigenvalue weighted by Gasteiger charge is 2.51. The van der Waals surface area contributed by atoms with E-state index >= 15 is 4.79 Å². The van der Waals surface area contributed by atoms with Gasteiger partial charge in [0.1, 0.15) is 23.3 Å². The van der Waals surface area contributed by atoms with Crippen LogP contribution in [0.5, 0.6) is 0 Å². The van der Waals surface area contributed by atoms with Gasteiger partial charge >= 0.3 is 6.09 Å². The number of carbonyl (C=O) groups is 5. The SMILES string of the molecule is CN1C=C(C(C)(C)O)N([C@H]2C[C@@H](C(=O)NC3(C(O)C(N)=O)CCN(C(=O)OC(C)(C)C)CC3)N(C(=O)[C@@H](CC3CCCCC3)NC(=O)c3ccc4ccccc4c3)C2)N1. The molecule has 3 heterocycles. The van der Waals surface area contributed by atoms with Gasteiger partial charge in [0.05, 0.1) is 17.3 Å². The number of benzene rings is 2. The molecule has 4 atom stereocenters. The smallest absolute Gasteiger partial charge is 0.410 e. The van der Waals surface area contributed by atoms with Crippen LogP contribution in [0.25, 0.3) is 10.8 Å². The maximum Gasteiger partial charge on any atom is 0.410 e. The summed E-state index contributed by atoms with van der Waals surface area (Å²) in [4.78, 5) is 72.4. The van der Waals surface area contributed by atoms with E-state index in [0.717, 1.165) is 42.9 Å². The van der Waals surface area contributed by atoms with Gasteiger partial charge in [-0.1, -0.05) is 62.4 Å². The number of hydrogen-bond acceptors (Lipinski definition) is 11. The van der Waals surface area contributed by atoms with Crippen LogP contribution in [0.15, 0.2) is 54.4 Å². The van der Waals surface area contributed by atoms with Crippen LogP contribution in [0.4, 0.5) is 4.79 Å². The number of amides is 5. The number of nitrogens with one attached hydrogen (secondary N) is 3. The Labute approximate surface area is 346 Å². The average Bonchev–Trinajstić information content (AvgIpc) is 3.81. The summed E-state index contributed by atoms with van der Waals surface area (Å²) >= 11 is 0. The van der Waals surface area contributed by atoms with E-state index in [4.69, 9.17) is 10.5 Å². The van der Waals surface area contributed by atoms with E-state index in [9.17, 15) is 29.4 Å². The molecule has 1 unspecified atom stereocenters. The zero-order valence-electron chi connectivity index (χ0n) is 35.2. The molecule has 1 aliphatic carbocycles. The maximum absolute atomic E-state index is 15.1. The summed E-state index contributed by atoms with van der Waals surface area (Å²) in [5.41, 5.74) is 6.22. The lowest BCUT2D eigenvalue weighted by molar-refractivity contribution is -0.144. The summed E-state index contributed by atoms with van der Waals surface area (Å²) in [5.74, 6) is -2.31. The van der Waals surface area contributed by atoms with Crippen LogP contribution in [0.3, 0.4) is 0 Å². The summed E-state index contributed by atoms with van der Waals surface area (Å²) in [6.07, 6.45) is 4.84. The van der Waals surface area contributed by atoms with E-state index in [0.29, 0.717) is 17.7 Å². The monoisotopic (exact) mass is 818 g/mol. The van der Waals surface area contributed by atoms with Crippen LogP contribution >= 0.6 is 0 Å². The van der Waals surface area contributed by atoms with E-state index in [-0.39, 0.29) is 44.8 Å². The van der Waals surface area contributed by atoms with Gasteiger partial charge in [0.2, 0.25) is 17.7 Å². The Kier molecular flexibility index (Phi) is 12.8. The van der Waals surface area contributed by atoms with Gasteiger partial charge in [-0.15, -0.1) is 5.53 Å². The Bertz CT molecular complexity index is 1930. The van der Waals surface area contributed by atoms with Crippen LogP contribution in [-0.2, 0) is 19.1 Å². The Hall–Kier alpha value is -4.93. The molecular weight excluding hydrogens is 757 g/mol. The molecule has 4 aliphatic rings. The van der Waals surface area contributed by atoms with Gasteiger partial charge in [0.25, 0.3) is 5.91 Å². The van der Waals surface area contributed by atoms with Gasteiger partial charge < -0.3 is 41.1 Å². The maximum atomic E-state index is 15.1. The number of hydrogen-bond donors (Lipinski definition) is 6. The van der Waals surface area contributed by atoms with Gasteiger partial charge in [-0.05, 0) is 82.7 Å². The van der Waals surface area contributed by atoms with Crippen molar-refractivity contribution in [3.05, 3.63) is 59.9 Å². The van der Waals surface area contributed by atoms with Gasteiger partial charge in [-0.3, -0.25) is 29.2 Å². The van der Waals surface area contributed by atoms with E-state index in [1.165, 1.54) is 9.80 Å². The summed E-state index contributed by atoms with van der Waals surface area (Å²) in [5, 5.41) is 33.8. The second-order valence-electron chi connectivity index (χ2n) is 18.3. The van der Waals surface area contributed by atoms with Gasteiger partial charge in [0, 0.05) is 44.9 Å². The predicted molar refractivity (Wildman–Crippen MR) is 221 cm³/mol. The van der Waals surface area contributed by atoms with Crippen molar-refractivity contribution < 1.29 is 38.9 Å². The summed E-state index contributed by atoms with van der Waals surface area (Å²) < 4.78 is 5.54. The van der Waals surface area contributed by atoms with Crippen molar-refractivity contribution in [3.8, 4) is 0 Å². The highest BCUT2D eigenvalue weighted by molar-refractivity contribution is 6.01. The Morgan fingerprint density at radius 1 is 0.983 bits per heavy atom. The van der Waals surface area contributed by atoms with Crippen molar-refractivity contribution in [2.75, 3.05) is 26.7 Å². The number of primary amides is 1. The van der Waals surface area contributed by atoms with Crippen molar-refractivity contribution in [3.63, 3.8) is 0 Å². The first-order valence-electron chi connectivity index (χ1n) is 20.9. The first kappa shape index (κ1) is 43.6. The van der Waals surface area contributed by atoms with Gasteiger partial charge in [-0.2, -0.15) is 0 Å². The number of aliphatic hydroxyl groups excluding tert-OH is 1. The Morgan fingerprint density at radius 3 is 2.27 bits per heavy atom. The van der Waals surface area contributed by atoms with Crippen molar-refractivity contribution in [1.82, 2.24) is 36.0 Å². The Morgan fingerprint density at radius 2 is 1.64 bits per heavy atom. The van der Waals surface area contributed by atoms with Crippen molar-refractivity contribution in [2.24, 2.45) is 11.7 Å². The molecule has 2 aromatic carbocycles. The lowest BCUT2D eigenvalue weighted by Gasteiger charge is -2.44. The van der Waals surface area contributed by atoms with E-state index < -0.39 is 70.7 Å². The molecule has 2 saturated heterocycles. The van der Waals surface area contributed by atoms with Crippen LogP contribution < -0.4 is 21.9 Å². The average molecular weight is 819 g/mol. The fourth-order valence-corrected chi connectivity index (χ4v) is 8.95. The van der Waals surface area contributed by atoms with Crippen LogP contribution in [0.1, 0.15) is 103 Å². The largest absolute Gasteiger partial charge is 0.444 e. The number of rotatable bonds is 11. The lowest BCUT2D eigenvalue weighted by atomic mass is 9.81. The topological polar surface area (TPSA) is 210 Å². The molecule has 3 aliphatic heterocycles. The third-order valence-electron chi connectivity index (χ3n) is 12.1.